The minimum atomic E-state index is 0.776. The van der Waals surface area contributed by atoms with Crippen molar-refractivity contribution in [3.63, 3.8) is 0 Å². The van der Waals surface area contributed by atoms with E-state index in [-0.39, 0.29) is 0 Å². The van der Waals surface area contributed by atoms with Gasteiger partial charge in [0, 0.05) is 5.02 Å². The summed E-state index contributed by atoms with van der Waals surface area (Å²) in [5, 5.41) is 0.776. The van der Waals surface area contributed by atoms with Crippen molar-refractivity contribution in [2.24, 2.45) is 5.92 Å². The van der Waals surface area contributed by atoms with Crippen LogP contribution >= 0.6 is 11.6 Å². The van der Waals surface area contributed by atoms with Crippen LogP contribution in [0.15, 0.2) is 18.2 Å². The van der Waals surface area contributed by atoms with Crippen molar-refractivity contribution in [3.8, 4) is 5.75 Å². The second-order valence-corrected chi connectivity index (χ2v) is 6.58. The fourth-order valence-corrected chi connectivity index (χ4v) is 3.08. The molecule has 0 spiro atoms. The molecule has 0 bridgehead atoms. The van der Waals surface area contributed by atoms with Gasteiger partial charge in [0.15, 0.2) is 0 Å². The molecule has 0 unspecified atom stereocenters. The Morgan fingerprint density at radius 2 is 2.00 bits per heavy atom. The van der Waals surface area contributed by atoms with Gasteiger partial charge >= 0.3 is 0 Å². The highest BCUT2D eigenvalue weighted by Crippen LogP contribution is 2.21. The molecule has 20 heavy (non-hydrogen) atoms. The Balaban J connectivity index is 1.59. The summed E-state index contributed by atoms with van der Waals surface area (Å²) in [4.78, 5) is 1.78. The SMILES string of the molecule is Cc1cc(Cl)ccc1OCCCC[NH+]1CCC(C)CC1. The molecule has 0 amide bonds. The number of hydrogen-bond acceptors (Lipinski definition) is 1. The lowest BCUT2D eigenvalue weighted by atomic mass is 9.99. The minimum Gasteiger partial charge on any atom is -0.493 e. The van der Waals surface area contributed by atoms with E-state index in [1.165, 1.54) is 38.9 Å². The first-order chi connectivity index (χ1) is 9.65. The van der Waals surface area contributed by atoms with Crippen LogP contribution in [0.2, 0.25) is 5.02 Å². The van der Waals surface area contributed by atoms with Gasteiger partial charge in [-0.2, -0.15) is 0 Å². The van der Waals surface area contributed by atoms with Gasteiger partial charge in [-0.1, -0.05) is 18.5 Å². The Bertz CT molecular complexity index is 413. The van der Waals surface area contributed by atoms with Crippen molar-refractivity contribution in [1.29, 1.82) is 0 Å². The number of hydrogen-bond donors (Lipinski definition) is 1. The Hall–Kier alpha value is -0.730. The fraction of sp³-hybridized carbons (Fsp3) is 0.647. The average molecular weight is 297 g/mol. The maximum absolute atomic E-state index is 5.94. The van der Waals surface area contributed by atoms with Gasteiger partial charge in [-0.3, -0.25) is 0 Å². The summed E-state index contributed by atoms with van der Waals surface area (Å²) in [6.07, 6.45) is 5.20. The van der Waals surface area contributed by atoms with Crippen molar-refractivity contribution < 1.29 is 9.64 Å². The maximum Gasteiger partial charge on any atom is 0.122 e. The summed E-state index contributed by atoms with van der Waals surface area (Å²) in [5.74, 6) is 1.91. The molecule has 1 aliphatic rings. The third-order valence-corrected chi connectivity index (χ3v) is 4.54. The predicted octanol–water partition coefficient (Wildman–Crippen LogP) is 3.12. The van der Waals surface area contributed by atoms with Gasteiger partial charge in [0.25, 0.3) is 0 Å². The van der Waals surface area contributed by atoms with Crippen molar-refractivity contribution in [2.45, 2.75) is 39.5 Å². The Labute approximate surface area is 128 Å². The third-order valence-electron chi connectivity index (χ3n) is 4.30. The van der Waals surface area contributed by atoms with Gasteiger partial charge in [0.05, 0.1) is 26.2 Å². The Morgan fingerprint density at radius 3 is 2.70 bits per heavy atom. The molecule has 0 saturated carbocycles. The van der Waals surface area contributed by atoms with Crippen molar-refractivity contribution >= 4 is 11.6 Å². The molecule has 0 aromatic heterocycles. The second kappa shape index (κ2) is 7.90. The van der Waals surface area contributed by atoms with Crippen LogP contribution in [0.3, 0.4) is 0 Å². The molecule has 0 aliphatic carbocycles. The number of piperidine rings is 1. The van der Waals surface area contributed by atoms with E-state index in [1.54, 1.807) is 4.90 Å². The van der Waals surface area contributed by atoms with Crippen molar-refractivity contribution in [3.05, 3.63) is 28.8 Å². The molecular formula is C17H27ClNO+. The van der Waals surface area contributed by atoms with E-state index >= 15 is 0 Å². The highest BCUT2D eigenvalue weighted by atomic mass is 35.5. The van der Waals surface area contributed by atoms with E-state index in [9.17, 15) is 0 Å². The van der Waals surface area contributed by atoms with E-state index in [0.717, 1.165) is 35.3 Å². The van der Waals surface area contributed by atoms with Crippen LogP contribution in [0.1, 0.15) is 38.2 Å². The van der Waals surface area contributed by atoms with Crippen LogP contribution in [-0.2, 0) is 0 Å². The molecule has 1 N–H and O–H groups in total. The summed E-state index contributed by atoms with van der Waals surface area (Å²) in [5.41, 5.74) is 1.12. The smallest absolute Gasteiger partial charge is 0.122 e. The zero-order valence-electron chi connectivity index (χ0n) is 12.8. The Morgan fingerprint density at radius 1 is 1.25 bits per heavy atom. The first-order valence-electron chi connectivity index (χ1n) is 7.87. The number of benzene rings is 1. The third kappa shape index (κ3) is 4.99. The molecule has 1 aliphatic heterocycles. The number of unbranched alkanes of at least 4 members (excludes halogenated alkanes) is 1. The minimum absolute atomic E-state index is 0.776. The molecular weight excluding hydrogens is 270 g/mol. The van der Waals surface area contributed by atoms with Crippen LogP contribution in [0.5, 0.6) is 5.75 Å². The molecule has 0 atom stereocenters. The highest BCUT2D eigenvalue weighted by molar-refractivity contribution is 6.30. The van der Waals surface area contributed by atoms with Crippen molar-refractivity contribution in [2.75, 3.05) is 26.2 Å². The van der Waals surface area contributed by atoms with Crippen LogP contribution in [-0.4, -0.2) is 26.2 Å². The summed E-state index contributed by atoms with van der Waals surface area (Å²) in [6.45, 7) is 9.25. The quantitative estimate of drug-likeness (QED) is 0.796. The van der Waals surface area contributed by atoms with Crippen LogP contribution in [0.25, 0.3) is 0 Å². The van der Waals surface area contributed by atoms with E-state index in [2.05, 4.69) is 6.92 Å². The summed E-state index contributed by atoms with van der Waals surface area (Å²) >= 11 is 5.94. The average Bonchev–Trinajstić information content (AvgIpc) is 2.42. The van der Waals surface area contributed by atoms with E-state index in [1.807, 2.05) is 25.1 Å². The van der Waals surface area contributed by atoms with Gasteiger partial charge in [-0.05, 0) is 62.3 Å². The fourth-order valence-electron chi connectivity index (χ4n) is 2.85. The molecule has 1 fully saturated rings. The number of ether oxygens (including phenoxy) is 1. The molecule has 1 aromatic carbocycles. The lowest BCUT2D eigenvalue weighted by molar-refractivity contribution is -0.906. The molecule has 2 nitrogen and oxygen atoms in total. The van der Waals surface area contributed by atoms with Crippen LogP contribution in [0.4, 0.5) is 0 Å². The number of aryl methyl sites for hydroxylation is 1. The molecule has 1 aromatic rings. The molecule has 0 radical (unpaired) electrons. The number of halogens is 1. The number of nitrogens with one attached hydrogen (secondary N) is 1. The summed E-state index contributed by atoms with van der Waals surface area (Å²) < 4.78 is 5.83. The van der Waals surface area contributed by atoms with Crippen LogP contribution < -0.4 is 9.64 Å². The number of quaternary nitrogens is 1. The van der Waals surface area contributed by atoms with E-state index in [0.29, 0.717) is 0 Å². The summed E-state index contributed by atoms with van der Waals surface area (Å²) in [7, 11) is 0. The first kappa shape index (κ1) is 15.7. The standard InChI is InChI=1S/C17H26ClNO/c1-14-7-10-19(11-8-14)9-3-4-12-20-17-6-5-16(18)13-15(17)2/h5-6,13-14H,3-4,7-12H2,1-2H3/p+1. The monoisotopic (exact) mass is 296 g/mol. The largest absolute Gasteiger partial charge is 0.493 e. The normalized spacial score (nSPS) is 22.8. The zero-order chi connectivity index (χ0) is 14.4. The van der Waals surface area contributed by atoms with E-state index in [4.69, 9.17) is 16.3 Å². The first-order valence-corrected chi connectivity index (χ1v) is 8.25. The molecule has 3 heteroatoms. The maximum atomic E-state index is 5.94. The molecule has 1 heterocycles. The molecule has 112 valence electrons. The molecule has 1 saturated heterocycles. The highest BCUT2D eigenvalue weighted by Gasteiger charge is 2.17. The lowest BCUT2D eigenvalue weighted by Gasteiger charge is -2.27. The summed E-state index contributed by atoms with van der Waals surface area (Å²) in [6, 6.07) is 5.81. The molecule has 2 rings (SSSR count). The topological polar surface area (TPSA) is 13.7 Å². The second-order valence-electron chi connectivity index (χ2n) is 6.15. The van der Waals surface area contributed by atoms with E-state index < -0.39 is 0 Å². The van der Waals surface area contributed by atoms with Gasteiger partial charge in [0.1, 0.15) is 5.75 Å². The Kier molecular flexibility index (Phi) is 6.18. The van der Waals surface area contributed by atoms with Crippen LogP contribution in [0, 0.1) is 12.8 Å². The lowest BCUT2D eigenvalue weighted by Crippen LogP contribution is -3.13. The van der Waals surface area contributed by atoms with Crippen molar-refractivity contribution in [1.82, 2.24) is 0 Å². The van der Waals surface area contributed by atoms with Gasteiger partial charge < -0.3 is 9.64 Å². The number of rotatable bonds is 6. The zero-order valence-corrected chi connectivity index (χ0v) is 13.5. The number of likely N-dealkylation sites (tertiary alicyclic amines) is 1. The van der Waals surface area contributed by atoms with Gasteiger partial charge in [-0.15, -0.1) is 0 Å². The predicted molar refractivity (Wildman–Crippen MR) is 84.9 cm³/mol. The van der Waals surface area contributed by atoms with Gasteiger partial charge in [0.2, 0.25) is 0 Å². The van der Waals surface area contributed by atoms with Gasteiger partial charge in [-0.25, -0.2) is 0 Å².